The van der Waals surface area contributed by atoms with E-state index in [0.717, 1.165) is 85.9 Å². The molecular formula is C37H47N7O2. The number of para-hydroxylation sites is 1. The number of likely N-dealkylation sites (N-methyl/N-ethyl adjacent to an activating group) is 1. The minimum atomic E-state index is -0.206. The van der Waals surface area contributed by atoms with Gasteiger partial charge in [-0.25, -0.2) is 9.78 Å². The summed E-state index contributed by atoms with van der Waals surface area (Å²) in [6.45, 7) is 9.35. The largest absolute Gasteiger partial charge is 0.492 e. The van der Waals surface area contributed by atoms with Crippen molar-refractivity contribution in [2.24, 2.45) is 17.8 Å². The number of aryl methyl sites for hydroxylation is 1. The predicted molar refractivity (Wildman–Crippen MR) is 183 cm³/mol. The lowest BCUT2D eigenvalue weighted by Gasteiger charge is -2.61. The van der Waals surface area contributed by atoms with E-state index in [-0.39, 0.29) is 11.6 Å². The zero-order chi connectivity index (χ0) is 31.4. The first-order valence-corrected chi connectivity index (χ1v) is 17.5. The lowest BCUT2D eigenvalue weighted by atomic mass is 9.52. The van der Waals surface area contributed by atoms with E-state index in [9.17, 15) is 0 Å². The zero-order valence-corrected chi connectivity index (χ0v) is 27.5. The average Bonchev–Trinajstić information content (AvgIpc) is 3.05. The third-order valence-electron chi connectivity index (χ3n) is 11.3. The second-order valence-electron chi connectivity index (χ2n) is 14.4. The molecule has 2 amide bonds. The molecule has 9 rings (SSSR count). The summed E-state index contributed by atoms with van der Waals surface area (Å²) < 4.78 is 6.13. The smallest absolute Gasteiger partial charge is 0.331 e. The Balaban J connectivity index is 1.15. The molecule has 2 aliphatic heterocycles. The van der Waals surface area contributed by atoms with E-state index in [1.165, 1.54) is 24.9 Å². The molecule has 1 N–H and O–H groups in total. The van der Waals surface area contributed by atoms with Crippen molar-refractivity contribution in [1.29, 1.82) is 0 Å². The Morgan fingerprint density at radius 2 is 1.63 bits per heavy atom. The summed E-state index contributed by atoms with van der Waals surface area (Å²) in [5, 5.41) is 3.47. The van der Waals surface area contributed by atoms with E-state index in [1.54, 1.807) is 0 Å². The number of carbonyl (C=O) groups is 1. The Morgan fingerprint density at radius 1 is 0.935 bits per heavy atom. The van der Waals surface area contributed by atoms with Gasteiger partial charge in [-0.1, -0.05) is 19.1 Å². The van der Waals surface area contributed by atoms with Gasteiger partial charge in [0.2, 0.25) is 5.95 Å². The molecule has 4 saturated carbocycles. The van der Waals surface area contributed by atoms with Gasteiger partial charge in [-0.2, -0.15) is 4.98 Å². The van der Waals surface area contributed by atoms with Gasteiger partial charge in [-0.3, -0.25) is 9.80 Å². The maximum atomic E-state index is 15.0. The average molecular weight is 622 g/mol. The quantitative estimate of drug-likeness (QED) is 0.295. The highest BCUT2D eigenvalue weighted by Gasteiger charge is 2.57. The normalized spacial score (nSPS) is 27.2. The maximum Gasteiger partial charge on any atom is 0.331 e. The third-order valence-corrected chi connectivity index (χ3v) is 11.3. The highest BCUT2D eigenvalue weighted by molar-refractivity contribution is 6.07. The fourth-order valence-corrected chi connectivity index (χ4v) is 9.53. The monoisotopic (exact) mass is 621 g/mol. The maximum absolute atomic E-state index is 15.0. The number of hydrogen-bond acceptors (Lipinski definition) is 7. The number of aromatic nitrogens is 2. The molecule has 242 valence electrons. The van der Waals surface area contributed by atoms with Crippen LogP contribution in [0.4, 0.5) is 33.6 Å². The molecule has 6 aliphatic rings. The minimum Gasteiger partial charge on any atom is -0.492 e. The van der Waals surface area contributed by atoms with Crippen LogP contribution in [0.5, 0.6) is 5.75 Å². The second kappa shape index (κ2) is 11.7. The van der Waals surface area contributed by atoms with Crippen molar-refractivity contribution in [2.75, 3.05) is 59.9 Å². The molecule has 0 unspecified atom stereocenters. The van der Waals surface area contributed by atoms with E-state index < -0.39 is 0 Å². The number of ether oxygens (including phenoxy) is 1. The number of urea groups is 1. The van der Waals surface area contributed by atoms with Crippen molar-refractivity contribution in [1.82, 2.24) is 14.9 Å². The predicted octanol–water partition coefficient (Wildman–Crippen LogP) is 6.85. The van der Waals surface area contributed by atoms with E-state index in [4.69, 9.17) is 14.7 Å². The molecule has 46 heavy (non-hydrogen) atoms. The van der Waals surface area contributed by atoms with Gasteiger partial charge in [-0.05, 0) is 113 Å². The first kappa shape index (κ1) is 29.5. The van der Waals surface area contributed by atoms with Crippen LogP contribution in [-0.2, 0) is 13.0 Å². The number of amides is 2. The summed E-state index contributed by atoms with van der Waals surface area (Å²) in [5.74, 6) is 4.16. The Bertz CT molecular complexity index is 1560. The minimum absolute atomic E-state index is 0.0254. The molecule has 4 bridgehead atoms. The highest BCUT2D eigenvalue weighted by atomic mass is 16.5. The lowest BCUT2D eigenvalue weighted by molar-refractivity contribution is -0.000915. The van der Waals surface area contributed by atoms with Crippen molar-refractivity contribution < 1.29 is 9.53 Å². The number of hydrogen-bond donors (Lipinski definition) is 1. The van der Waals surface area contributed by atoms with Gasteiger partial charge >= 0.3 is 6.03 Å². The number of carbonyl (C=O) groups excluding carboxylic acids is 1. The number of benzene rings is 2. The molecule has 0 spiro atoms. The van der Waals surface area contributed by atoms with Crippen molar-refractivity contribution in [3.05, 3.63) is 59.8 Å². The van der Waals surface area contributed by atoms with Crippen molar-refractivity contribution in [2.45, 2.75) is 70.9 Å². The van der Waals surface area contributed by atoms with Crippen LogP contribution in [-0.4, -0.2) is 66.3 Å². The molecule has 3 heterocycles. The molecule has 5 fully saturated rings. The van der Waals surface area contributed by atoms with Crippen molar-refractivity contribution >= 4 is 34.9 Å². The Morgan fingerprint density at radius 3 is 2.28 bits per heavy atom. The van der Waals surface area contributed by atoms with Gasteiger partial charge in [-0.15, -0.1) is 0 Å². The summed E-state index contributed by atoms with van der Waals surface area (Å²) in [7, 11) is 2.18. The van der Waals surface area contributed by atoms with E-state index in [2.05, 4.69) is 64.3 Å². The third kappa shape index (κ3) is 5.17. The molecule has 1 saturated heterocycles. The summed E-state index contributed by atoms with van der Waals surface area (Å²) in [4.78, 5) is 33.9. The summed E-state index contributed by atoms with van der Waals surface area (Å²) in [5.41, 5.74) is 4.97. The van der Waals surface area contributed by atoms with Gasteiger partial charge < -0.3 is 19.9 Å². The van der Waals surface area contributed by atoms with Crippen LogP contribution in [0.2, 0.25) is 0 Å². The number of fused-ring (bicyclic) bond motifs is 1. The summed E-state index contributed by atoms with van der Waals surface area (Å²) in [6, 6.07) is 14.7. The van der Waals surface area contributed by atoms with Crippen molar-refractivity contribution in [3.63, 3.8) is 0 Å². The molecule has 0 radical (unpaired) electrons. The number of anilines is 5. The standard InChI is InChI=1S/C37H47N7O2/c1-4-28-7-6-8-32(46-5-2)33(28)43-24-29-23-38-35(39-30-9-11-31(12-10-30)42-15-13-41(3)14-16-42)40-34(29)44(36(43)45)37-20-25-17-26(21-37)19-27(18-25)22-37/h6-12,23,25-27H,4-5,13-22,24H2,1-3H3,(H,38,39,40). The lowest BCUT2D eigenvalue weighted by Crippen LogP contribution is -2.65. The van der Waals surface area contributed by atoms with Gasteiger partial charge in [0.05, 0.1) is 24.4 Å². The molecular weight excluding hydrogens is 574 g/mol. The van der Waals surface area contributed by atoms with Gasteiger partial charge in [0, 0.05) is 49.3 Å². The van der Waals surface area contributed by atoms with Gasteiger partial charge in [0.1, 0.15) is 11.6 Å². The molecule has 1 aromatic heterocycles. The van der Waals surface area contributed by atoms with Crippen LogP contribution in [0, 0.1) is 17.8 Å². The number of piperazine rings is 1. The summed E-state index contributed by atoms with van der Waals surface area (Å²) >= 11 is 0. The topological polar surface area (TPSA) is 77.1 Å². The van der Waals surface area contributed by atoms with E-state index in [1.807, 2.05) is 30.2 Å². The van der Waals surface area contributed by atoms with Crippen LogP contribution < -0.4 is 24.8 Å². The molecule has 0 atom stereocenters. The summed E-state index contributed by atoms with van der Waals surface area (Å²) in [6.07, 6.45) is 9.87. The van der Waals surface area contributed by atoms with Crippen LogP contribution in [0.15, 0.2) is 48.7 Å². The van der Waals surface area contributed by atoms with Crippen LogP contribution >= 0.6 is 0 Å². The Labute approximate surface area is 272 Å². The van der Waals surface area contributed by atoms with Crippen molar-refractivity contribution in [3.8, 4) is 5.75 Å². The highest BCUT2D eigenvalue weighted by Crippen LogP contribution is 2.59. The Kier molecular flexibility index (Phi) is 7.54. The van der Waals surface area contributed by atoms with E-state index >= 15 is 4.79 Å². The first-order chi connectivity index (χ1) is 22.4. The zero-order valence-electron chi connectivity index (χ0n) is 27.5. The van der Waals surface area contributed by atoms with Crippen LogP contribution in [0.25, 0.3) is 0 Å². The number of nitrogens with one attached hydrogen (secondary N) is 1. The first-order valence-electron chi connectivity index (χ1n) is 17.5. The van der Waals surface area contributed by atoms with E-state index in [0.29, 0.717) is 36.9 Å². The van der Waals surface area contributed by atoms with Crippen LogP contribution in [0.3, 0.4) is 0 Å². The van der Waals surface area contributed by atoms with Crippen LogP contribution in [0.1, 0.15) is 63.5 Å². The van der Waals surface area contributed by atoms with Gasteiger partial charge in [0.25, 0.3) is 0 Å². The molecule has 9 nitrogen and oxygen atoms in total. The second-order valence-corrected chi connectivity index (χ2v) is 14.4. The number of nitrogens with zero attached hydrogens (tertiary/aromatic N) is 6. The molecule has 2 aromatic carbocycles. The number of rotatable bonds is 8. The molecule has 3 aromatic rings. The molecule has 9 heteroatoms. The fraction of sp³-hybridized carbons (Fsp3) is 0.541. The SMILES string of the molecule is CCOc1cccc(CC)c1N1Cc2cnc(Nc3ccc(N4CCN(C)CC4)cc3)nc2N(C23CC4CC(CC(C4)C2)C3)C1=O. The van der Waals surface area contributed by atoms with Gasteiger partial charge in [0.15, 0.2) is 0 Å². The fourth-order valence-electron chi connectivity index (χ4n) is 9.53. The molecule has 4 aliphatic carbocycles. The Hall–Kier alpha value is -3.85.